The fourth-order valence-corrected chi connectivity index (χ4v) is 0. The number of halogens is 1. The Morgan fingerprint density at radius 3 is 2.20 bits per heavy atom. The topological polar surface area (TPSA) is 26.0 Å². The molecule has 0 unspecified atom stereocenters. The van der Waals surface area contributed by atoms with Gasteiger partial charge in [0.15, 0.2) is 0 Å². The molecular weight excluding hydrogens is 85.5 g/mol. The lowest BCUT2D eigenvalue weighted by Crippen LogP contribution is -1.93. The standard InChI is InChI=1S/C3H6ClN/c1-3(5)2-4/h1-2,5H2. The molecular formula is C3H6ClN. The summed E-state index contributed by atoms with van der Waals surface area (Å²) < 4.78 is 0. The van der Waals surface area contributed by atoms with E-state index in [4.69, 9.17) is 17.3 Å². The summed E-state index contributed by atoms with van der Waals surface area (Å²) in [5.41, 5.74) is 5.49. The monoisotopic (exact) mass is 91.0 g/mol. The van der Waals surface area contributed by atoms with Gasteiger partial charge in [0.2, 0.25) is 0 Å². The van der Waals surface area contributed by atoms with Gasteiger partial charge in [-0.3, -0.25) is 0 Å². The zero-order valence-corrected chi connectivity index (χ0v) is 3.63. The van der Waals surface area contributed by atoms with Crippen molar-refractivity contribution in [2.24, 2.45) is 5.73 Å². The third kappa shape index (κ3) is 3.83. The quantitative estimate of drug-likeness (QED) is 0.473. The van der Waals surface area contributed by atoms with Gasteiger partial charge >= 0.3 is 0 Å². The van der Waals surface area contributed by atoms with Gasteiger partial charge in [-0.05, 0) is 0 Å². The maximum Gasteiger partial charge on any atom is 0.0613 e. The molecule has 0 amide bonds. The number of nitrogens with two attached hydrogens (primary N) is 1. The second kappa shape index (κ2) is 2.09. The minimum atomic E-state index is 0.361. The van der Waals surface area contributed by atoms with Crippen molar-refractivity contribution in [3.05, 3.63) is 12.3 Å². The lowest BCUT2D eigenvalue weighted by Gasteiger charge is -1.79. The highest BCUT2D eigenvalue weighted by Crippen LogP contribution is 1.77. The Hall–Kier alpha value is -0.170. The second-order valence-electron chi connectivity index (χ2n) is 0.792. The van der Waals surface area contributed by atoms with Crippen LogP contribution in [0.2, 0.25) is 0 Å². The van der Waals surface area contributed by atoms with E-state index < -0.39 is 0 Å². The molecule has 2 heteroatoms. The third-order valence-electron chi connectivity index (χ3n) is 0.172. The molecule has 0 aromatic carbocycles. The number of rotatable bonds is 1. The molecule has 0 aliphatic rings. The number of allylic oxidation sites excluding steroid dienone is 1. The Morgan fingerprint density at radius 1 is 2.00 bits per heavy atom. The van der Waals surface area contributed by atoms with Gasteiger partial charge in [0.1, 0.15) is 0 Å². The molecule has 0 atom stereocenters. The molecule has 30 valence electrons. The Balaban J connectivity index is 2.85. The van der Waals surface area contributed by atoms with Gasteiger partial charge in [0, 0.05) is 5.70 Å². The lowest BCUT2D eigenvalue weighted by molar-refractivity contribution is 1.35. The summed E-state index contributed by atoms with van der Waals surface area (Å²) in [5, 5.41) is 0. The molecule has 2 N–H and O–H groups in total. The molecule has 5 heavy (non-hydrogen) atoms. The fraction of sp³-hybridized carbons (Fsp3) is 0.333. The van der Waals surface area contributed by atoms with Gasteiger partial charge in [-0.25, -0.2) is 0 Å². The molecule has 0 bridgehead atoms. The summed E-state index contributed by atoms with van der Waals surface area (Å²) in [6, 6.07) is 0. The van der Waals surface area contributed by atoms with E-state index in [9.17, 15) is 0 Å². The summed E-state index contributed by atoms with van der Waals surface area (Å²) >= 11 is 5.11. The van der Waals surface area contributed by atoms with Crippen molar-refractivity contribution in [3.8, 4) is 0 Å². The highest BCUT2D eigenvalue weighted by atomic mass is 35.5. The number of hydrogen-bond acceptors (Lipinski definition) is 1. The third-order valence-corrected chi connectivity index (χ3v) is 0.515. The van der Waals surface area contributed by atoms with Crippen LogP contribution in [0.4, 0.5) is 0 Å². The molecule has 0 aromatic rings. The van der Waals surface area contributed by atoms with Crippen molar-refractivity contribution in [1.29, 1.82) is 0 Å². The van der Waals surface area contributed by atoms with Crippen LogP contribution in [0.15, 0.2) is 12.3 Å². The van der Waals surface area contributed by atoms with Crippen LogP contribution in [0.5, 0.6) is 0 Å². The molecule has 0 heterocycles. The highest BCUT2D eigenvalue weighted by molar-refractivity contribution is 6.19. The normalized spacial score (nSPS) is 7.40. The van der Waals surface area contributed by atoms with Crippen molar-refractivity contribution in [1.82, 2.24) is 0 Å². The molecule has 0 aliphatic carbocycles. The van der Waals surface area contributed by atoms with E-state index in [1.54, 1.807) is 0 Å². The Kier molecular flexibility index (Phi) is 2.02. The number of alkyl halides is 1. The van der Waals surface area contributed by atoms with Crippen molar-refractivity contribution in [3.63, 3.8) is 0 Å². The van der Waals surface area contributed by atoms with Crippen LogP contribution in [-0.4, -0.2) is 5.88 Å². The molecule has 0 saturated heterocycles. The Morgan fingerprint density at radius 2 is 2.20 bits per heavy atom. The van der Waals surface area contributed by atoms with Crippen molar-refractivity contribution in [2.75, 3.05) is 5.88 Å². The van der Waals surface area contributed by atoms with Gasteiger partial charge in [0.25, 0.3) is 0 Å². The van der Waals surface area contributed by atoms with E-state index in [0.29, 0.717) is 11.6 Å². The smallest absolute Gasteiger partial charge is 0.0613 e. The van der Waals surface area contributed by atoms with E-state index >= 15 is 0 Å². The predicted octanol–water partition coefficient (Wildman–Crippen LogP) is 0.698. The first kappa shape index (κ1) is 4.83. The van der Waals surface area contributed by atoms with Gasteiger partial charge in [-0.1, -0.05) is 6.58 Å². The van der Waals surface area contributed by atoms with Gasteiger partial charge in [-0.15, -0.1) is 11.6 Å². The van der Waals surface area contributed by atoms with Crippen molar-refractivity contribution < 1.29 is 0 Å². The van der Waals surface area contributed by atoms with Gasteiger partial charge in [-0.2, -0.15) is 0 Å². The van der Waals surface area contributed by atoms with E-state index in [-0.39, 0.29) is 0 Å². The van der Waals surface area contributed by atoms with E-state index in [0.717, 1.165) is 0 Å². The van der Waals surface area contributed by atoms with Crippen LogP contribution < -0.4 is 5.73 Å². The SMILES string of the molecule is C=C(N)CCl. The van der Waals surface area contributed by atoms with Crippen molar-refractivity contribution >= 4 is 11.6 Å². The van der Waals surface area contributed by atoms with Gasteiger partial charge in [0.05, 0.1) is 5.88 Å². The first-order chi connectivity index (χ1) is 2.27. The van der Waals surface area contributed by atoms with Crippen LogP contribution in [0, 0.1) is 0 Å². The Bertz CT molecular complexity index is 42.2. The molecule has 0 saturated carbocycles. The Labute approximate surface area is 36.4 Å². The maximum atomic E-state index is 5.11. The van der Waals surface area contributed by atoms with Gasteiger partial charge < -0.3 is 5.73 Å². The zero-order chi connectivity index (χ0) is 4.28. The van der Waals surface area contributed by atoms with Crippen LogP contribution in [0.1, 0.15) is 0 Å². The average molecular weight is 91.5 g/mol. The minimum absolute atomic E-state index is 0.361. The summed E-state index contributed by atoms with van der Waals surface area (Å²) in [6.07, 6.45) is 0. The van der Waals surface area contributed by atoms with E-state index in [2.05, 4.69) is 6.58 Å². The summed E-state index contributed by atoms with van der Waals surface area (Å²) in [5.74, 6) is 0.361. The maximum absolute atomic E-state index is 5.11. The predicted molar refractivity (Wildman–Crippen MR) is 24.0 cm³/mol. The van der Waals surface area contributed by atoms with E-state index in [1.165, 1.54) is 0 Å². The summed E-state index contributed by atoms with van der Waals surface area (Å²) in [7, 11) is 0. The zero-order valence-electron chi connectivity index (χ0n) is 2.87. The highest BCUT2D eigenvalue weighted by Gasteiger charge is 1.70. The minimum Gasteiger partial charge on any atom is -0.402 e. The molecule has 0 rings (SSSR count). The fourth-order valence-electron chi connectivity index (χ4n) is 0. The van der Waals surface area contributed by atoms with Crippen LogP contribution in [0.25, 0.3) is 0 Å². The van der Waals surface area contributed by atoms with Crippen LogP contribution in [-0.2, 0) is 0 Å². The molecule has 0 spiro atoms. The average Bonchev–Trinajstić information content (AvgIpc) is 1.38. The second-order valence-corrected chi connectivity index (χ2v) is 1.06. The largest absolute Gasteiger partial charge is 0.402 e. The van der Waals surface area contributed by atoms with Crippen LogP contribution >= 0.6 is 11.6 Å². The molecule has 1 nitrogen and oxygen atoms in total. The number of hydrogen-bond donors (Lipinski definition) is 1. The first-order valence-corrected chi connectivity index (χ1v) is 1.80. The summed E-state index contributed by atoms with van der Waals surface area (Å²) in [6.45, 7) is 3.32. The van der Waals surface area contributed by atoms with Crippen molar-refractivity contribution in [2.45, 2.75) is 0 Å². The molecule has 0 aliphatic heterocycles. The van der Waals surface area contributed by atoms with Crippen LogP contribution in [0.3, 0.4) is 0 Å². The molecule has 0 aromatic heterocycles. The first-order valence-electron chi connectivity index (χ1n) is 1.26. The molecule has 0 radical (unpaired) electrons. The summed E-state index contributed by atoms with van der Waals surface area (Å²) in [4.78, 5) is 0. The lowest BCUT2D eigenvalue weighted by atomic mass is 10.6. The molecule has 0 fully saturated rings. The van der Waals surface area contributed by atoms with E-state index in [1.807, 2.05) is 0 Å².